The van der Waals surface area contributed by atoms with E-state index in [1.54, 1.807) is 12.1 Å². The zero-order valence-electron chi connectivity index (χ0n) is 14.1. The molecule has 2 aromatic carbocycles. The highest BCUT2D eigenvalue weighted by Crippen LogP contribution is 2.16. The lowest BCUT2D eigenvalue weighted by Crippen LogP contribution is -2.50. The third-order valence-electron chi connectivity index (χ3n) is 4.32. The number of anilines is 1. The fourth-order valence-electron chi connectivity index (χ4n) is 2.88. The summed E-state index contributed by atoms with van der Waals surface area (Å²) in [4.78, 5) is 16.5. The molecular formula is C20H21N3O2. The van der Waals surface area contributed by atoms with Crippen molar-refractivity contribution in [3.63, 3.8) is 0 Å². The second kappa shape index (κ2) is 8.20. The summed E-state index contributed by atoms with van der Waals surface area (Å²) in [6, 6.07) is 19.7. The summed E-state index contributed by atoms with van der Waals surface area (Å²) in [7, 11) is 0. The molecule has 0 spiro atoms. The monoisotopic (exact) mass is 335 g/mol. The van der Waals surface area contributed by atoms with E-state index in [0.717, 1.165) is 18.7 Å². The maximum absolute atomic E-state index is 12.3. The summed E-state index contributed by atoms with van der Waals surface area (Å²) in [6.07, 6.45) is 0.380. The van der Waals surface area contributed by atoms with Gasteiger partial charge in [0.1, 0.15) is 5.75 Å². The van der Waals surface area contributed by atoms with Crippen LogP contribution >= 0.6 is 0 Å². The molecule has 0 radical (unpaired) electrons. The molecule has 2 aromatic rings. The lowest BCUT2D eigenvalue weighted by Gasteiger charge is -2.36. The Balaban J connectivity index is 1.46. The number of amides is 1. The minimum atomic E-state index is 0.00816. The molecule has 1 saturated heterocycles. The van der Waals surface area contributed by atoms with Gasteiger partial charge in [0, 0.05) is 31.9 Å². The van der Waals surface area contributed by atoms with Crippen molar-refractivity contribution in [1.29, 1.82) is 5.26 Å². The molecule has 1 amide bonds. The molecule has 128 valence electrons. The van der Waals surface area contributed by atoms with Gasteiger partial charge >= 0.3 is 0 Å². The van der Waals surface area contributed by atoms with E-state index < -0.39 is 0 Å². The smallest absolute Gasteiger partial charge is 0.260 e. The van der Waals surface area contributed by atoms with Gasteiger partial charge in [-0.3, -0.25) is 4.79 Å². The van der Waals surface area contributed by atoms with Crippen LogP contribution in [0.5, 0.6) is 5.75 Å². The number of piperazine rings is 1. The Kier molecular flexibility index (Phi) is 5.53. The third-order valence-corrected chi connectivity index (χ3v) is 4.32. The molecule has 0 unspecified atom stereocenters. The number of hydrogen-bond donors (Lipinski definition) is 0. The summed E-state index contributed by atoms with van der Waals surface area (Å²) in [5.74, 6) is 0.659. The number of hydrogen-bond acceptors (Lipinski definition) is 4. The van der Waals surface area contributed by atoms with E-state index >= 15 is 0 Å². The van der Waals surface area contributed by atoms with Crippen LogP contribution in [0.25, 0.3) is 0 Å². The molecule has 3 rings (SSSR count). The minimum Gasteiger partial charge on any atom is -0.484 e. The quantitative estimate of drug-likeness (QED) is 0.842. The van der Waals surface area contributed by atoms with Gasteiger partial charge in [-0.25, -0.2) is 0 Å². The first kappa shape index (κ1) is 16.8. The SMILES string of the molecule is N#CCc1ccc(OCC(=O)N2CCN(c3ccccc3)CC2)cc1. The first-order chi connectivity index (χ1) is 12.3. The lowest BCUT2D eigenvalue weighted by molar-refractivity contribution is -0.133. The van der Waals surface area contributed by atoms with Crippen molar-refractivity contribution < 1.29 is 9.53 Å². The van der Waals surface area contributed by atoms with E-state index in [2.05, 4.69) is 23.1 Å². The van der Waals surface area contributed by atoms with Crippen LogP contribution in [0.3, 0.4) is 0 Å². The van der Waals surface area contributed by atoms with Gasteiger partial charge in [0.25, 0.3) is 5.91 Å². The summed E-state index contributed by atoms with van der Waals surface area (Å²) >= 11 is 0. The van der Waals surface area contributed by atoms with Crippen molar-refractivity contribution in [3.8, 4) is 11.8 Å². The van der Waals surface area contributed by atoms with Crippen LogP contribution in [-0.2, 0) is 11.2 Å². The number of nitrogens with zero attached hydrogens (tertiary/aromatic N) is 3. The fourth-order valence-corrected chi connectivity index (χ4v) is 2.88. The summed E-state index contributed by atoms with van der Waals surface area (Å²) < 4.78 is 5.58. The Morgan fingerprint density at radius 3 is 2.32 bits per heavy atom. The van der Waals surface area contributed by atoms with Crippen molar-refractivity contribution in [3.05, 3.63) is 60.2 Å². The van der Waals surface area contributed by atoms with E-state index in [1.165, 1.54) is 5.69 Å². The molecule has 25 heavy (non-hydrogen) atoms. The lowest BCUT2D eigenvalue weighted by atomic mass is 10.2. The highest BCUT2D eigenvalue weighted by molar-refractivity contribution is 5.78. The highest BCUT2D eigenvalue weighted by Gasteiger charge is 2.21. The normalized spacial score (nSPS) is 14.0. The van der Waals surface area contributed by atoms with Crippen LogP contribution in [-0.4, -0.2) is 43.6 Å². The topological polar surface area (TPSA) is 56.6 Å². The average Bonchev–Trinajstić information content (AvgIpc) is 2.68. The third kappa shape index (κ3) is 4.51. The second-order valence-electron chi connectivity index (χ2n) is 5.97. The first-order valence-corrected chi connectivity index (χ1v) is 8.43. The van der Waals surface area contributed by atoms with Gasteiger partial charge in [-0.05, 0) is 29.8 Å². The van der Waals surface area contributed by atoms with Gasteiger partial charge in [-0.1, -0.05) is 30.3 Å². The molecule has 1 aliphatic heterocycles. The van der Waals surface area contributed by atoms with Gasteiger partial charge in [-0.2, -0.15) is 5.26 Å². The van der Waals surface area contributed by atoms with Crippen molar-refractivity contribution in [2.75, 3.05) is 37.7 Å². The molecule has 1 heterocycles. The molecule has 0 atom stereocenters. The van der Waals surface area contributed by atoms with E-state index in [9.17, 15) is 4.79 Å². The zero-order chi connectivity index (χ0) is 17.5. The van der Waals surface area contributed by atoms with Gasteiger partial charge in [0.2, 0.25) is 0 Å². The van der Waals surface area contributed by atoms with Crippen molar-refractivity contribution in [1.82, 2.24) is 4.90 Å². The molecule has 1 aliphatic rings. The van der Waals surface area contributed by atoms with E-state index in [0.29, 0.717) is 25.3 Å². The molecule has 5 nitrogen and oxygen atoms in total. The molecule has 0 aromatic heterocycles. The van der Waals surface area contributed by atoms with Gasteiger partial charge in [0.15, 0.2) is 6.61 Å². The molecule has 0 aliphatic carbocycles. The fraction of sp³-hybridized carbons (Fsp3) is 0.300. The molecular weight excluding hydrogens is 314 g/mol. The Morgan fingerprint density at radius 2 is 1.68 bits per heavy atom. The largest absolute Gasteiger partial charge is 0.484 e. The summed E-state index contributed by atoms with van der Waals surface area (Å²) in [5.41, 5.74) is 2.14. The van der Waals surface area contributed by atoms with Crippen molar-refractivity contribution in [2.24, 2.45) is 0 Å². The maximum atomic E-state index is 12.3. The number of nitriles is 1. The van der Waals surface area contributed by atoms with Crippen molar-refractivity contribution in [2.45, 2.75) is 6.42 Å². The maximum Gasteiger partial charge on any atom is 0.260 e. The van der Waals surface area contributed by atoms with E-state index in [4.69, 9.17) is 10.00 Å². The van der Waals surface area contributed by atoms with Gasteiger partial charge in [0.05, 0.1) is 12.5 Å². The number of benzene rings is 2. The van der Waals surface area contributed by atoms with Crippen LogP contribution in [0, 0.1) is 11.3 Å². The second-order valence-corrected chi connectivity index (χ2v) is 5.97. The standard InChI is InChI=1S/C20H21N3O2/c21-11-10-17-6-8-19(9-7-17)25-16-20(24)23-14-12-22(13-15-23)18-4-2-1-3-5-18/h1-9H,10,12-16H2. The Bertz CT molecular complexity index is 730. The van der Waals surface area contributed by atoms with Crippen LogP contribution in [0.2, 0.25) is 0 Å². The predicted octanol–water partition coefficient (Wildman–Crippen LogP) is 2.48. The molecule has 0 saturated carbocycles. The number of para-hydroxylation sites is 1. The molecule has 0 bridgehead atoms. The van der Waals surface area contributed by atoms with Crippen LogP contribution in [0.15, 0.2) is 54.6 Å². The summed E-state index contributed by atoms with van der Waals surface area (Å²) in [6.45, 7) is 3.12. The molecule has 5 heteroatoms. The zero-order valence-corrected chi connectivity index (χ0v) is 14.1. The van der Waals surface area contributed by atoms with Crippen LogP contribution in [0.4, 0.5) is 5.69 Å². The Morgan fingerprint density at radius 1 is 1.00 bits per heavy atom. The highest BCUT2D eigenvalue weighted by atomic mass is 16.5. The van der Waals surface area contributed by atoms with Crippen molar-refractivity contribution >= 4 is 11.6 Å². The first-order valence-electron chi connectivity index (χ1n) is 8.43. The van der Waals surface area contributed by atoms with Crippen LogP contribution < -0.4 is 9.64 Å². The van der Waals surface area contributed by atoms with E-state index in [-0.39, 0.29) is 12.5 Å². The van der Waals surface area contributed by atoms with Gasteiger partial charge < -0.3 is 14.5 Å². The Labute approximate surface area is 148 Å². The molecule has 1 fully saturated rings. The predicted molar refractivity (Wildman–Crippen MR) is 96.5 cm³/mol. The van der Waals surface area contributed by atoms with Crippen LogP contribution in [0.1, 0.15) is 5.56 Å². The Hall–Kier alpha value is -3.00. The average molecular weight is 335 g/mol. The number of carbonyl (C=O) groups is 1. The van der Waals surface area contributed by atoms with Gasteiger partial charge in [-0.15, -0.1) is 0 Å². The number of ether oxygens (including phenoxy) is 1. The minimum absolute atomic E-state index is 0.00816. The number of carbonyl (C=O) groups excluding carboxylic acids is 1. The van der Waals surface area contributed by atoms with E-state index in [1.807, 2.05) is 35.2 Å². The molecule has 0 N–H and O–H groups in total. The number of rotatable bonds is 5. The summed E-state index contributed by atoms with van der Waals surface area (Å²) in [5, 5.41) is 8.67.